The molecule has 4 nitrogen and oxygen atoms in total. The Hall–Kier alpha value is -7.17. The third kappa shape index (κ3) is 4.34. The molecule has 4 heteroatoms. The first kappa shape index (κ1) is 29.4. The average Bonchev–Trinajstić information content (AvgIpc) is 3.81. The fraction of sp³-hybridized carbons (Fsp3) is 0.0200. The van der Waals surface area contributed by atoms with Gasteiger partial charge in [-0.2, -0.15) is 0 Å². The Morgan fingerprint density at radius 2 is 1.04 bits per heavy atom. The second kappa shape index (κ2) is 11.2. The first-order valence-electron chi connectivity index (χ1n) is 18.4. The van der Waals surface area contributed by atoms with E-state index in [4.69, 9.17) is 13.8 Å². The van der Waals surface area contributed by atoms with Crippen LogP contribution in [0.25, 0.3) is 92.8 Å². The SMILES string of the molecule is c1ccc2cc(-c3ccc4c(c3)oc3cccc(C5N=c6c(oc7ccccc67)=C(c6ccc7c(ccc8c9ccccc9ccc78)c6)N5)c34)ccc2c1. The van der Waals surface area contributed by atoms with Crippen molar-refractivity contribution < 1.29 is 8.83 Å². The molecule has 0 amide bonds. The quantitative estimate of drug-likeness (QED) is 0.188. The normalized spacial score (nSPS) is 14.4. The van der Waals surface area contributed by atoms with E-state index in [0.29, 0.717) is 0 Å². The van der Waals surface area contributed by atoms with Crippen molar-refractivity contribution in [2.75, 3.05) is 0 Å². The van der Waals surface area contributed by atoms with Crippen molar-refractivity contribution in [3.8, 4) is 11.1 Å². The summed E-state index contributed by atoms with van der Waals surface area (Å²) in [6, 6.07) is 60.4. The van der Waals surface area contributed by atoms with Gasteiger partial charge in [-0.3, -0.25) is 4.99 Å². The summed E-state index contributed by atoms with van der Waals surface area (Å²) in [6.45, 7) is 0. The van der Waals surface area contributed by atoms with E-state index >= 15 is 0 Å². The predicted molar refractivity (Wildman–Crippen MR) is 221 cm³/mol. The third-order valence-corrected chi connectivity index (χ3v) is 11.3. The molecule has 0 aliphatic carbocycles. The monoisotopic (exact) mass is 690 g/mol. The molecular weight excluding hydrogens is 661 g/mol. The molecule has 1 aliphatic heterocycles. The van der Waals surface area contributed by atoms with E-state index in [2.05, 4.69) is 157 Å². The van der Waals surface area contributed by atoms with Gasteiger partial charge in [-0.05, 0) is 96.7 Å². The minimum Gasteiger partial charge on any atom is -0.456 e. The van der Waals surface area contributed by atoms with Gasteiger partial charge in [0.15, 0.2) is 5.42 Å². The van der Waals surface area contributed by atoms with E-state index in [1.54, 1.807) is 0 Å². The zero-order valence-electron chi connectivity index (χ0n) is 29.0. The molecule has 0 bridgehead atoms. The van der Waals surface area contributed by atoms with Gasteiger partial charge in [0.05, 0.1) is 5.70 Å². The topological polar surface area (TPSA) is 50.7 Å². The highest BCUT2D eigenvalue weighted by Crippen LogP contribution is 2.38. The number of benzene rings is 9. The van der Waals surface area contributed by atoms with Gasteiger partial charge in [0, 0.05) is 27.3 Å². The summed E-state index contributed by atoms with van der Waals surface area (Å²) in [5.74, 6) is 0. The minimum absolute atomic E-state index is 0.378. The van der Waals surface area contributed by atoms with Crippen LogP contribution in [-0.2, 0) is 0 Å². The molecule has 0 radical (unpaired) electrons. The Morgan fingerprint density at radius 1 is 0.407 bits per heavy atom. The third-order valence-electron chi connectivity index (χ3n) is 11.3. The lowest BCUT2D eigenvalue weighted by Gasteiger charge is -2.22. The van der Waals surface area contributed by atoms with Gasteiger partial charge in [-0.1, -0.05) is 127 Å². The Kier molecular flexibility index (Phi) is 6.08. The van der Waals surface area contributed by atoms with Gasteiger partial charge in [-0.15, -0.1) is 0 Å². The number of furan rings is 2. The molecule has 0 saturated heterocycles. The summed E-state index contributed by atoms with van der Waals surface area (Å²) in [4.78, 5) is 5.37. The predicted octanol–water partition coefficient (Wildman–Crippen LogP) is 11.7. The van der Waals surface area contributed by atoms with Crippen LogP contribution in [0.4, 0.5) is 0 Å². The van der Waals surface area contributed by atoms with Crippen molar-refractivity contribution in [3.63, 3.8) is 0 Å². The number of hydrogen-bond acceptors (Lipinski definition) is 4. The van der Waals surface area contributed by atoms with Crippen molar-refractivity contribution >= 4 is 81.7 Å². The fourth-order valence-corrected chi connectivity index (χ4v) is 8.67. The number of rotatable bonds is 3. The Labute approximate surface area is 308 Å². The fourth-order valence-electron chi connectivity index (χ4n) is 8.67. The summed E-state index contributed by atoms with van der Waals surface area (Å²) in [6.07, 6.45) is -0.378. The molecule has 11 aromatic rings. The van der Waals surface area contributed by atoms with Gasteiger partial charge in [0.25, 0.3) is 0 Å². The lowest BCUT2D eigenvalue weighted by Crippen LogP contribution is -2.38. The molecule has 9 aromatic carbocycles. The van der Waals surface area contributed by atoms with Gasteiger partial charge >= 0.3 is 0 Å². The van der Waals surface area contributed by atoms with Crippen LogP contribution in [0.3, 0.4) is 0 Å². The Balaban J connectivity index is 1.02. The summed E-state index contributed by atoms with van der Waals surface area (Å²) in [5.41, 5.74) is 8.57. The average molecular weight is 691 g/mol. The molecule has 3 heterocycles. The zero-order chi connectivity index (χ0) is 35.3. The first-order chi connectivity index (χ1) is 26.7. The summed E-state index contributed by atoms with van der Waals surface area (Å²) in [5, 5.41) is 17.7. The molecule has 0 saturated carbocycles. The van der Waals surface area contributed by atoms with Gasteiger partial charge in [0.2, 0.25) is 0 Å². The summed E-state index contributed by atoms with van der Waals surface area (Å²) in [7, 11) is 0. The molecule has 1 atom stereocenters. The number of nitrogens with one attached hydrogen (secondary N) is 1. The summed E-state index contributed by atoms with van der Waals surface area (Å²) < 4.78 is 13.2. The molecule has 2 aromatic heterocycles. The highest BCUT2D eigenvalue weighted by molar-refractivity contribution is 6.17. The smallest absolute Gasteiger partial charge is 0.177 e. The van der Waals surface area contributed by atoms with Crippen LogP contribution in [0.1, 0.15) is 17.3 Å². The molecular formula is C50H30N2O2. The van der Waals surface area contributed by atoms with Crippen LogP contribution in [-0.4, -0.2) is 0 Å². The first-order valence-corrected chi connectivity index (χ1v) is 18.4. The largest absolute Gasteiger partial charge is 0.456 e. The van der Waals surface area contributed by atoms with Crippen LogP contribution in [0.2, 0.25) is 0 Å². The summed E-state index contributed by atoms with van der Waals surface area (Å²) >= 11 is 0. The van der Waals surface area contributed by atoms with Crippen molar-refractivity contribution in [2.24, 2.45) is 4.99 Å². The second-order valence-electron chi connectivity index (χ2n) is 14.3. The van der Waals surface area contributed by atoms with Crippen LogP contribution in [0.5, 0.6) is 0 Å². The lowest BCUT2D eigenvalue weighted by atomic mass is 9.95. The van der Waals surface area contributed by atoms with E-state index in [9.17, 15) is 0 Å². The molecule has 54 heavy (non-hydrogen) atoms. The number of para-hydroxylation sites is 1. The molecule has 1 unspecified atom stereocenters. The van der Waals surface area contributed by atoms with Crippen LogP contribution in [0.15, 0.2) is 184 Å². The van der Waals surface area contributed by atoms with Crippen molar-refractivity contribution in [1.29, 1.82) is 0 Å². The van der Waals surface area contributed by atoms with Gasteiger partial charge in [-0.25, -0.2) is 0 Å². The van der Waals surface area contributed by atoms with E-state index in [1.165, 1.54) is 43.1 Å². The molecule has 0 fully saturated rings. The molecule has 12 rings (SSSR count). The number of hydrogen-bond donors (Lipinski definition) is 1. The van der Waals surface area contributed by atoms with E-state index < -0.39 is 0 Å². The van der Waals surface area contributed by atoms with Crippen LogP contribution in [0, 0.1) is 0 Å². The lowest BCUT2D eigenvalue weighted by molar-refractivity contribution is 0.536. The van der Waals surface area contributed by atoms with Crippen molar-refractivity contribution in [2.45, 2.75) is 6.17 Å². The van der Waals surface area contributed by atoms with Gasteiger partial charge in [0.1, 0.15) is 28.3 Å². The Morgan fingerprint density at radius 3 is 1.94 bits per heavy atom. The molecule has 1 aliphatic rings. The number of fused-ring (bicyclic) bond motifs is 12. The second-order valence-corrected chi connectivity index (χ2v) is 14.3. The molecule has 252 valence electrons. The molecule has 1 N–H and O–H groups in total. The Bertz CT molecular complexity index is 3500. The maximum Gasteiger partial charge on any atom is 0.177 e. The highest BCUT2D eigenvalue weighted by atomic mass is 16.3. The van der Waals surface area contributed by atoms with E-state index in [-0.39, 0.29) is 6.17 Å². The number of nitrogens with zero attached hydrogens (tertiary/aromatic N) is 1. The molecule has 0 spiro atoms. The minimum atomic E-state index is -0.378. The van der Waals surface area contributed by atoms with E-state index in [0.717, 1.165) is 71.6 Å². The van der Waals surface area contributed by atoms with Gasteiger partial charge < -0.3 is 14.2 Å². The van der Waals surface area contributed by atoms with E-state index in [1.807, 2.05) is 18.2 Å². The highest BCUT2D eigenvalue weighted by Gasteiger charge is 2.25. The van der Waals surface area contributed by atoms with Crippen molar-refractivity contribution in [1.82, 2.24) is 5.32 Å². The van der Waals surface area contributed by atoms with Crippen LogP contribution >= 0.6 is 0 Å². The van der Waals surface area contributed by atoms with Crippen molar-refractivity contribution in [3.05, 3.63) is 192 Å². The van der Waals surface area contributed by atoms with Crippen LogP contribution < -0.4 is 16.1 Å². The standard InChI is InChI=1S/C50H30N2O2/c1-2-10-31-26-32(17-16-29(31)8-1)33-19-25-40-45(28-33)53-44-15-7-13-42(46(40)44)50-51-47(49-48(52-50)41-12-5-6-14-43(41)54-49)35-21-22-37-34(27-35)20-24-38-36-11-4-3-9-30(36)18-23-39(37)38/h1-28,50-51H. The maximum absolute atomic E-state index is 6.59. The maximum atomic E-state index is 6.59. The zero-order valence-corrected chi connectivity index (χ0v) is 29.0.